The number of nitrogens with zero attached hydrogens (tertiary/aromatic N) is 3. The number of aliphatic carboxylic acids is 1. The molecule has 7 heteroatoms. The normalized spacial score (nSPS) is 22.4. The molecule has 1 aromatic heterocycles. The van der Waals surface area contributed by atoms with Crippen molar-refractivity contribution in [2.24, 2.45) is 5.41 Å². The quantitative estimate of drug-likeness (QED) is 0.866. The largest absolute Gasteiger partial charge is 0.480 e. The van der Waals surface area contributed by atoms with Crippen LogP contribution >= 0.6 is 0 Å². The molecule has 2 aliphatic heterocycles. The summed E-state index contributed by atoms with van der Waals surface area (Å²) < 4.78 is 1.63. The molecule has 2 saturated heterocycles. The van der Waals surface area contributed by atoms with Gasteiger partial charge in [0.1, 0.15) is 11.6 Å². The van der Waals surface area contributed by atoms with Gasteiger partial charge in [-0.1, -0.05) is 0 Å². The fourth-order valence-corrected chi connectivity index (χ4v) is 4.83. The number of likely N-dealkylation sites (N-methyl/N-ethyl adjacent to an activating group) is 1. The molecular weight excluding hydrogens is 346 g/mol. The van der Waals surface area contributed by atoms with Crippen molar-refractivity contribution in [2.45, 2.75) is 52.6 Å². The van der Waals surface area contributed by atoms with Gasteiger partial charge < -0.3 is 14.6 Å². The van der Waals surface area contributed by atoms with Crippen LogP contribution in [0.5, 0.6) is 0 Å². The summed E-state index contributed by atoms with van der Waals surface area (Å²) in [4.78, 5) is 40.9. The van der Waals surface area contributed by atoms with Crippen LogP contribution in [0.3, 0.4) is 0 Å². The molecular formula is C20H29N3O4. The summed E-state index contributed by atoms with van der Waals surface area (Å²) in [6.07, 6.45) is 2.19. The average Bonchev–Trinajstić information content (AvgIpc) is 2.91. The Hall–Kier alpha value is -2.15. The first-order chi connectivity index (χ1) is 12.7. The molecule has 0 saturated carbocycles. The van der Waals surface area contributed by atoms with E-state index in [0.717, 1.165) is 30.6 Å². The van der Waals surface area contributed by atoms with E-state index < -0.39 is 12.0 Å². The number of aryl methyl sites for hydroxylation is 2. The number of carbonyl (C=O) groups is 2. The third kappa shape index (κ3) is 3.40. The first-order valence-electron chi connectivity index (χ1n) is 9.62. The molecule has 1 aromatic rings. The van der Waals surface area contributed by atoms with Crippen LogP contribution in [0.15, 0.2) is 10.9 Å². The Bertz CT molecular complexity index is 821. The van der Waals surface area contributed by atoms with Gasteiger partial charge in [0, 0.05) is 31.9 Å². The average molecular weight is 375 g/mol. The van der Waals surface area contributed by atoms with Gasteiger partial charge in [0.25, 0.3) is 11.5 Å². The SMILES string of the molecule is CCn1c(C)cc(C)c(C(=O)N2CCC3(CC2)C[C@H](C(=O)O)N(C)C3)c1=O. The first kappa shape index (κ1) is 19.6. The molecule has 1 N–H and O–H groups in total. The van der Waals surface area contributed by atoms with Crippen molar-refractivity contribution in [3.05, 3.63) is 33.2 Å². The fraction of sp³-hybridized carbons (Fsp3) is 0.650. The summed E-state index contributed by atoms with van der Waals surface area (Å²) in [5.41, 5.74) is 1.60. The molecule has 0 aliphatic carbocycles. The Morgan fingerprint density at radius 1 is 1.26 bits per heavy atom. The number of piperidine rings is 1. The van der Waals surface area contributed by atoms with E-state index in [1.54, 1.807) is 9.47 Å². The second kappa shape index (κ2) is 7.11. The number of carboxylic acids is 1. The zero-order valence-corrected chi connectivity index (χ0v) is 16.6. The molecule has 0 aromatic carbocycles. The van der Waals surface area contributed by atoms with Crippen molar-refractivity contribution in [3.8, 4) is 0 Å². The Kier molecular flexibility index (Phi) is 5.16. The van der Waals surface area contributed by atoms with Crippen LogP contribution in [0.4, 0.5) is 0 Å². The second-order valence-electron chi connectivity index (χ2n) is 8.16. The highest BCUT2D eigenvalue weighted by molar-refractivity contribution is 5.95. The van der Waals surface area contributed by atoms with Gasteiger partial charge in [0.2, 0.25) is 0 Å². The van der Waals surface area contributed by atoms with Crippen LogP contribution in [-0.4, -0.2) is 64.1 Å². The maximum atomic E-state index is 13.1. The van der Waals surface area contributed by atoms with Gasteiger partial charge in [0.05, 0.1) is 0 Å². The van der Waals surface area contributed by atoms with Gasteiger partial charge in [-0.25, -0.2) is 0 Å². The lowest BCUT2D eigenvalue weighted by Gasteiger charge is -2.39. The Morgan fingerprint density at radius 3 is 2.41 bits per heavy atom. The molecule has 1 atom stereocenters. The van der Waals surface area contributed by atoms with Crippen molar-refractivity contribution in [1.82, 2.24) is 14.4 Å². The minimum atomic E-state index is -0.775. The van der Waals surface area contributed by atoms with E-state index >= 15 is 0 Å². The number of amides is 1. The molecule has 3 rings (SSSR count). The molecule has 2 aliphatic rings. The van der Waals surface area contributed by atoms with Crippen LogP contribution in [0, 0.1) is 19.3 Å². The lowest BCUT2D eigenvalue weighted by molar-refractivity contribution is -0.141. The minimum absolute atomic E-state index is 0.0411. The highest BCUT2D eigenvalue weighted by Gasteiger charge is 2.47. The highest BCUT2D eigenvalue weighted by atomic mass is 16.4. The summed E-state index contributed by atoms with van der Waals surface area (Å²) >= 11 is 0. The van der Waals surface area contributed by atoms with Crippen molar-refractivity contribution in [3.63, 3.8) is 0 Å². The van der Waals surface area contributed by atoms with Crippen molar-refractivity contribution in [1.29, 1.82) is 0 Å². The van der Waals surface area contributed by atoms with Gasteiger partial charge in [-0.05, 0) is 64.1 Å². The number of hydrogen-bond acceptors (Lipinski definition) is 4. The third-order valence-corrected chi connectivity index (χ3v) is 6.37. The van der Waals surface area contributed by atoms with Crippen molar-refractivity contribution >= 4 is 11.9 Å². The molecule has 0 radical (unpaired) electrons. The minimum Gasteiger partial charge on any atom is -0.480 e. The predicted molar refractivity (Wildman–Crippen MR) is 102 cm³/mol. The highest BCUT2D eigenvalue weighted by Crippen LogP contribution is 2.43. The van der Waals surface area contributed by atoms with Crippen molar-refractivity contribution in [2.75, 3.05) is 26.7 Å². The third-order valence-electron chi connectivity index (χ3n) is 6.37. The zero-order chi connectivity index (χ0) is 19.9. The predicted octanol–water partition coefficient (Wildman–Crippen LogP) is 1.50. The summed E-state index contributed by atoms with van der Waals surface area (Å²) in [5, 5.41) is 9.38. The molecule has 0 bridgehead atoms. The summed E-state index contributed by atoms with van der Waals surface area (Å²) in [5.74, 6) is -0.973. The summed E-state index contributed by atoms with van der Waals surface area (Å²) in [7, 11) is 1.86. The lowest BCUT2D eigenvalue weighted by Crippen LogP contribution is -2.46. The summed E-state index contributed by atoms with van der Waals surface area (Å²) in [6, 6.07) is 1.45. The number of aromatic nitrogens is 1. The van der Waals surface area contributed by atoms with Gasteiger partial charge in [-0.15, -0.1) is 0 Å². The van der Waals surface area contributed by atoms with Crippen LogP contribution in [0.1, 0.15) is 47.8 Å². The molecule has 148 valence electrons. The Labute approximate surface area is 159 Å². The van der Waals surface area contributed by atoms with E-state index in [-0.39, 0.29) is 22.4 Å². The number of likely N-dealkylation sites (tertiary alicyclic amines) is 2. The van der Waals surface area contributed by atoms with Crippen LogP contribution in [-0.2, 0) is 11.3 Å². The van der Waals surface area contributed by atoms with E-state index in [0.29, 0.717) is 26.1 Å². The fourth-order valence-electron chi connectivity index (χ4n) is 4.83. The van der Waals surface area contributed by atoms with E-state index in [1.807, 2.05) is 38.8 Å². The topological polar surface area (TPSA) is 82.8 Å². The van der Waals surface area contributed by atoms with Gasteiger partial charge >= 0.3 is 5.97 Å². The maximum Gasteiger partial charge on any atom is 0.320 e. The van der Waals surface area contributed by atoms with Gasteiger partial charge in [0.15, 0.2) is 0 Å². The van der Waals surface area contributed by atoms with Gasteiger partial charge in [-0.2, -0.15) is 0 Å². The van der Waals surface area contributed by atoms with E-state index in [1.165, 1.54) is 0 Å². The molecule has 2 fully saturated rings. The molecule has 3 heterocycles. The zero-order valence-electron chi connectivity index (χ0n) is 16.6. The Morgan fingerprint density at radius 2 is 1.89 bits per heavy atom. The number of pyridine rings is 1. The number of hydrogen-bond donors (Lipinski definition) is 1. The van der Waals surface area contributed by atoms with Crippen molar-refractivity contribution < 1.29 is 14.7 Å². The number of carboxylic acid groups (broad SMARTS) is 1. The lowest BCUT2D eigenvalue weighted by atomic mass is 9.76. The van der Waals surface area contributed by atoms with E-state index in [2.05, 4.69) is 0 Å². The molecule has 27 heavy (non-hydrogen) atoms. The summed E-state index contributed by atoms with van der Waals surface area (Å²) in [6.45, 7) is 8.02. The molecule has 0 unspecified atom stereocenters. The first-order valence-corrected chi connectivity index (χ1v) is 9.62. The van der Waals surface area contributed by atoms with Crippen LogP contribution < -0.4 is 5.56 Å². The van der Waals surface area contributed by atoms with Gasteiger partial charge in [-0.3, -0.25) is 19.3 Å². The second-order valence-corrected chi connectivity index (χ2v) is 8.16. The molecule has 1 spiro atoms. The van der Waals surface area contributed by atoms with Crippen LogP contribution in [0.2, 0.25) is 0 Å². The van der Waals surface area contributed by atoms with Crippen LogP contribution in [0.25, 0.3) is 0 Å². The van der Waals surface area contributed by atoms with E-state index in [9.17, 15) is 19.5 Å². The molecule has 1 amide bonds. The Balaban J connectivity index is 1.77. The monoisotopic (exact) mass is 375 g/mol. The van der Waals surface area contributed by atoms with E-state index in [4.69, 9.17) is 0 Å². The maximum absolute atomic E-state index is 13.1. The molecule has 7 nitrogen and oxygen atoms in total. The number of rotatable bonds is 3. The number of carbonyl (C=O) groups excluding carboxylic acids is 1. The standard InChI is InChI=1S/C20H29N3O4/c1-5-23-14(3)10-13(2)16(18(23)25)17(24)22-8-6-20(7-9-22)11-15(19(26)27)21(4)12-20/h10,15H,5-9,11-12H2,1-4H3,(H,26,27)/t15-/m1/s1. The smallest absolute Gasteiger partial charge is 0.320 e.